The van der Waals surface area contributed by atoms with Gasteiger partial charge < -0.3 is 9.84 Å². The summed E-state index contributed by atoms with van der Waals surface area (Å²) >= 11 is 14.7. The molecule has 386 valence electrons. The van der Waals surface area contributed by atoms with Crippen molar-refractivity contribution in [3.8, 4) is 58.5 Å². The number of unbranched alkanes of at least 4 members (excludes halogenated alkanes) is 12. The zero-order valence-electron chi connectivity index (χ0n) is 43.2. The molecule has 1 N–H and O–H groups in total. The van der Waals surface area contributed by atoms with Crippen LogP contribution in [0.3, 0.4) is 0 Å². The minimum Gasteiger partial charge on any atom is -0.477 e. The predicted octanol–water partition coefficient (Wildman–Crippen LogP) is 22.9. The van der Waals surface area contributed by atoms with Gasteiger partial charge in [-0.15, -0.1) is 90.7 Å². The molecule has 8 aromatic rings. The van der Waals surface area contributed by atoms with E-state index in [-0.39, 0.29) is 0 Å². The number of hydrogen-bond acceptors (Lipinski definition) is 10. The SMILES string of the molecule is C1CCOC1.CCCCCCc1ccsc1-c1ccc(-c2ccc(-c3sc(C(=O)O)cc3CCCCCC)s2)s1.CCCCCCc1ccsc1-c1ccc(-c2ccc(-c3sccc3CCCCCC)s2)s1. The van der Waals surface area contributed by atoms with E-state index < -0.39 is 5.97 Å². The number of carbonyl (C=O) groups is 1. The Labute approximate surface area is 464 Å². The number of carboxylic acid groups (broad SMARTS) is 1. The van der Waals surface area contributed by atoms with Crippen LogP contribution in [0.4, 0.5) is 0 Å². The summed E-state index contributed by atoms with van der Waals surface area (Å²) in [5.41, 5.74) is 5.75. The molecule has 0 spiro atoms. The molecular formula is C61H76O3S8. The second kappa shape index (κ2) is 31.2. The van der Waals surface area contributed by atoms with Gasteiger partial charge in [-0.1, -0.05) is 105 Å². The maximum absolute atomic E-state index is 11.7. The summed E-state index contributed by atoms with van der Waals surface area (Å²) in [6.45, 7) is 11.0. The Morgan fingerprint density at radius 1 is 0.403 bits per heavy atom. The molecule has 72 heavy (non-hydrogen) atoms. The first-order valence-electron chi connectivity index (χ1n) is 26.9. The van der Waals surface area contributed by atoms with Crippen LogP contribution in [0.2, 0.25) is 0 Å². The molecule has 1 aliphatic rings. The van der Waals surface area contributed by atoms with E-state index >= 15 is 0 Å². The van der Waals surface area contributed by atoms with Crippen LogP contribution in [0.1, 0.15) is 175 Å². The summed E-state index contributed by atoms with van der Waals surface area (Å²) < 4.78 is 4.94. The lowest BCUT2D eigenvalue weighted by Gasteiger charge is -2.02. The van der Waals surface area contributed by atoms with Gasteiger partial charge in [-0.25, -0.2) is 4.79 Å². The zero-order chi connectivity index (χ0) is 50.3. The first-order chi connectivity index (χ1) is 35.4. The van der Waals surface area contributed by atoms with Gasteiger partial charge in [0.05, 0.1) is 0 Å². The van der Waals surface area contributed by atoms with E-state index in [0.717, 1.165) is 30.9 Å². The standard InChI is InChI=1S/C29H34O2S4.C28H34S4.C4H8O/c1-3-5-7-9-11-20-17-18-32-27(20)24-15-13-22(33-24)23-14-16-25(34-23)28-21(12-10-8-6-4-2)19-26(35-28)29(30)31;1-3-5-7-9-11-21-17-19-29-27(21)25-15-13-23(31-25)24-14-16-26(32-24)28-22(18-20-30-28)12-10-8-6-4-2;1-2-4-5-3-1/h13-19H,3-12H2,1-2H3,(H,30,31);13-20H,3-12H2,1-2H3;1-4H2. The number of carboxylic acids is 1. The number of ether oxygens (including phenoxy) is 1. The Morgan fingerprint density at radius 3 is 1.03 bits per heavy atom. The number of aryl methyl sites for hydroxylation is 4. The molecule has 0 unspecified atom stereocenters. The number of thiophene rings is 8. The van der Waals surface area contributed by atoms with Crippen molar-refractivity contribution >= 4 is 96.7 Å². The third kappa shape index (κ3) is 16.8. The topological polar surface area (TPSA) is 46.5 Å². The van der Waals surface area contributed by atoms with Gasteiger partial charge in [0.15, 0.2) is 0 Å². The van der Waals surface area contributed by atoms with Crippen molar-refractivity contribution in [2.45, 2.75) is 169 Å². The van der Waals surface area contributed by atoms with Crippen molar-refractivity contribution in [1.29, 1.82) is 0 Å². The van der Waals surface area contributed by atoms with Crippen molar-refractivity contribution in [3.05, 3.63) is 116 Å². The van der Waals surface area contributed by atoms with E-state index in [1.165, 1.54) is 216 Å². The van der Waals surface area contributed by atoms with E-state index in [9.17, 15) is 9.90 Å². The van der Waals surface area contributed by atoms with Crippen molar-refractivity contribution in [3.63, 3.8) is 0 Å². The molecule has 0 atom stereocenters. The summed E-state index contributed by atoms with van der Waals surface area (Å²) in [5, 5.41) is 16.3. The molecule has 11 heteroatoms. The van der Waals surface area contributed by atoms with Crippen molar-refractivity contribution < 1.29 is 14.6 Å². The Hall–Kier alpha value is -2.97. The van der Waals surface area contributed by atoms with Gasteiger partial charge in [0.25, 0.3) is 0 Å². The highest BCUT2D eigenvalue weighted by Crippen LogP contribution is 2.46. The molecule has 0 radical (unpaired) electrons. The highest BCUT2D eigenvalue weighted by molar-refractivity contribution is 7.29. The highest BCUT2D eigenvalue weighted by atomic mass is 32.1. The summed E-state index contributed by atoms with van der Waals surface area (Å²) in [7, 11) is 0. The van der Waals surface area contributed by atoms with Crippen molar-refractivity contribution in [1.82, 2.24) is 0 Å². The minimum atomic E-state index is -0.822. The van der Waals surface area contributed by atoms with Crippen molar-refractivity contribution in [2.24, 2.45) is 0 Å². The largest absolute Gasteiger partial charge is 0.477 e. The fraction of sp³-hybridized carbons (Fsp3) is 0.459. The predicted molar refractivity (Wildman–Crippen MR) is 327 cm³/mol. The fourth-order valence-corrected chi connectivity index (χ4v) is 17.8. The molecule has 9 heterocycles. The molecular weight excluding hydrogens is 1040 g/mol. The third-order valence-corrected chi connectivity index (χ3v) is 22.6. The van der Waals surface area contributed by atoms with Gasteiger partial charge in [0.2, 0.25) is 0 Å². The van der Waals surface area contributed by atoms with Crippen LogP contribution in [-0.2, 0) is 30.4 Å². The second-order valence-electron chi connectivity index (χ2n) is 18.8. The zero-order valence-corrected chi connectivity index (χ0v) is 49.7. The van der Waals surface area contributed by atoms with Gasteiger partial charge in [0, 0.05) is 71.7 Å². The van der Waals surface area contributed by atoms with Gasteiger partial charge in [-0.05, 0) is 175 Å². The van der Waals surface area contributed by atoms with Crippen LogP contribution in [-0.4, -0.2) is 24.3 Å². The molecule has 0 aliphatic carbocycles. The summed E-state index contributed by atoms with van der Waals surface area (Å²) in [5.74, 6) is -0.822. The lowest BCUT2D eigenvalue weighted by atomic mass is 10.1. The van der Waals surface area contributed by atoms with Crippen LogP contribution in [0.25, 0.3) is 58.5 Å². The number of hydrogen-bond donors (Lipinski definition) is 1. The third-order valence-electron chi connectivity index (χ3n) is 13.1. The molecule has 1 aliphatic heterocycles. The molecule has 3 nitrogen and oxygen atoms in total. The maximum Gasteiger partial charge on any atom is 0.345 e. The monoisotopic (exact) mass is 1110 g/mol. The van der Waals surface area contributed by atoms with Crippen LogP contribution >= 0.6 is 90.7 Å². The van der Waals surface area contributed by atoms with Gasteiger partial charge >= 0.3 is 5.97 Å². The summed E-state index contributed by atoms with van der Waals surface area (Å²) in [6, 6.07) is 27.1. The Morgan fingerprint density at radius 2 is 0.722 bits per heavy atom. The second-order valence-corrected chi connectivity index (χ2v) is 26.9. The normalized spacial score (nSPS) is 12.3. The smallest absolute Gasteiger partial charge is 0.345 e. The molecule has 1 saturated heterocycles. The maximum atomic E-state index is 11.7. The van der Waals surface area contributed by atoms with Crippen LogP contribution in [0.15, 0.2) is 88.9 Å². The van der Waals surface area contributed by atoms with Gasteiger partial charge in [0.1, 0.15) is 4.88 Å². The molecule has 0 bridgehead atoms. The summed E-state index contributed by atoms with van der Waals surface area (Å²) in [4.78, 5) is 28.4. The average Bonchev–Trinajstić information content (AvgIpc) is 4.24. The van der Waals surface area contributed by atoms with Crippen LogP contribution in [0, 0.1) is 0 Å². The van der Waals surface area contributed by atoms with E-state index in [1.54, 1.807) is 11.3 Å². The highest BCUT2D eigenvalue weighted by Gasteiger charge is 2.19. The minimum absolute atomic E-state index is 0.447. The number of rotatable bonds is 27. The lowest BCUT2D eigenvalue weighted by Crippen LogP contribution is -1.90. The molecule has 8 aromatic heterocycles. The Bertz CT molecular complexity index is 2660. The van der Waals surface area contributed by atoms with E-state index in [1.807, 2.05) is 74.1 Å². The molecule has 9 rings (SSSR count). The van der Waals surface area contributed by atoms with E-state index in [4.69, 9.17) is 4.74 Å². The van der Waals surface area contributed by atoms with E-state index in [2.05, 4.69) is 111 Å². The molecule has 0 saturated carbocycles. The quantitative estimate of drug-likeness (QED) is 0.0522. The van der Waals surface area contributed by atoms with Gasteiger partial charge in [-0.2, -0.15) is 0 Å². The van der Waals surface area contributed by atoms with Crippen LogP contribution in [0.5, 0.6) is 0 Å². The van der Waals surface area contributed by atoms with E-state index in [0.29, 0.717) is 4.88 Å². The van der Waals surface area contributed by atoms with Crippen LogP contribution < -0.4 is 0 Å². The Kier molecular flexibility index (Phi) is 24.6. The molecule has 0 amide bonds. The first-order valence-corrected chi connectivity index (χ1v) is 33.7. The first kappa shape index (κ1) is 56.8. The molecule has 0 aromatic carbocycles. The van der Waals surface area contributed by atoms with Gasteiger partial charge in [-0.3, -0.25) is 0 Å². The van der Waals surface area contributed by atoms with Crippen molar-refractivity contribution in [2.75, 3.05) is 13.2 Å². The number of aromatic carboxylic acids is 1. The average molecular weight is 1110 g/mol. The Balaban J connectivity index is 0.000000193. The fourth-order valence-electron chi connectivity index (χ4n) is 9.02. The molecule has 1 fully saturated rings. The lowest BCUT2D eigenvalue weighted by molar-refractivity contribution is 0.0702. The summed E-state index contributed by atoms with van der Waals surface area (Å²) in [6.07, 6.45) is 27.7.